The first-order valence-electron chi connectivity index (χ1n) is 11.3. The number of nitrogens with one attached hydrogen (secondary N) is 1. The lowest BCUT2D eigenvalue weighted by Crippen LogP contribution is -2.36. The zero-order chi connectivity index (χ0) is 23.3. The van der Waals surface area contributed by atoms with Crippen LogP contribution < -0.4 is 4.74 Å². The van der Waals surface area contributed by atoms with Gasteiger partial charge in [-0.15, -0.1) is 0 Å². The molecule has 170 valence electrons. The molecule has 3 heterocycles. The van der Waals surface area contributed by atoms with Crippen LogP contribution in [0.3, 0.4) is 0 Å². The molecule has 7 heteroatoms. The van der Waals surface area contributed by atoms with Crippen molar-refractivity contribution >= 4 is 16.9 Å². The van der Waals surface area contributed by atoms with E-state index in [1.54, 1.807) is 0 Å². The standard InChI is InChI=1S/C26H29N5O2/c1-16-12-23(31(29-16)26(3,4)5)25(32)30-10-11-33-24-9-7-18(13-20(24)15-30)19-6-8-21-22(14-19)28-17(2)27-21/h6-9,12-14H,10-11,15H2,1-5H3,(H,27,28). The summed E-state index contributed by atoms with van der Waals surface area (Å²) in [5, 5.41) is 4.58. The molecule has 0 saturated carbocycles. The zero-order valence-corrected chi connectivity index (χ0v) is 19.8. The normalized spacial score (nSPS) is 14.2. The average Bonchev–Trinajstić information content (AvgIpc) is 3.26. The van der Waals surface area contributed by atoms with E-state index >= 15 is 0 Å². The van der Waals surface area contributed by atoms with Crippen molar-refractivity contribution in [3.8, 4) is 16.9 Å². The third-order valence-electron chi connectivity index (χ3n) is 5.95. The highest BCUT2D eigenvalue weighted by molar-refractivity contribution is 5.93. The molecule has 0 saturated heterocycles. The first-order valence-corrected chi connectivity index (χ1v) is 11.3. The SMILES string of the molecule is Cc1cc(C(=O)N2CCOc3ccc(-c4ccc5[nH]c(C)nc5c4)cc3C2)n(C(C)(C)C)n1. The second-order valence-electron chi connectivity index (χ2n) is 9.71. The van der Waals surface area contributed by atoms with E-state index in [1.165, 1.54) is 0 Å². The van der Waals surface area contributed by atoms with Gasteiger partial charge in [0.25, 0.3) is 5.91 Å². The van der Waals surface area contributed by atoms with Crippen molar-refractivity contribution in [2.75, 3.05) is 13.2 Å². The highest BCUT2D eigenvalue weighted by atomic mass is 16.5. The second kappa shape index (κ2) is 7.76. The summed E-state index contributed by atoms with van der Waals surface area (Å²) < 4.78 is 7.83. The Morgan fingerprint density at radius 1 is 1.06 bits per heavy atom. The number of aryl methyl sites for hydroxylation is 2. The van der Waals surface area contributed by atoms with Crippen LogP contribution in [-0.2, 0) is 12.1 Å². The number of nitrogens with zero attached hydrogens (tertiary/aromatic N) is 4. The molecule has 4 aromatic rings. The first-order chi connectivity index (χ1) is 15.7. The van der Waals surface area contributed by atoms with Gasteiger partial charge in [-0.05, 0) is 76.1 Å². The Kier molecular flexibility index (Phi) is 5.00. The molecule has 2 aromatic heterocycles. The summed E-state index contributed by atoms with van der Waals surface area (Å²) in [7, 11) is 0. The summed E-state index contributed by atoms with van der Waals surface area (Å²) in [4.78, 5) is 23.2. The number of aromatic nitrogens is 4. The molecule has 0 aliphatic carbocycles. The van der Waals surface area contributed by atoms with E-state index in [4.69, 9.17) is 4.74 Å². The Balaban J connectivity index is 1.48. The maximum Gasteiger partial charge on any atom is 0.272 e. The van der Waals surface area contributed by atoms with E-state index in [0.29, 0.717) is 25.4 Å². The molecule has 33 heavy (non-hydrogen) atoms. The molecule has 1 amide bonds. The van der Waals surface area contributed by atoms with Crippen molar-refractivity contribution in [3.05, 3.63) is 65.2 Å². The van der Waals surface area contributed by atoms with Gasteiger partial charge >= 0.3 is 0 Å². The molecule has 0 unspecified atom stereocenters. The number of carbonyl (C=O) groups is 1. The van der Waals surface area contributed by atoms with E-state index in [0.717, 1.165) is 45.0 Å². The topological polar surface area (TPSA) is 76.0 Å². The van der Waals surface area contributed by atoms with E-state index in [2.05, 4.69) is 66.2 Å². The summed E-state index contributed by atoms with van der Waals surface area (Å²) in [6, 6.07) is 14.3. The minimum Gasteiger partial charge on any atom is -0.491 e. The average molecular weight is 444 g/mol. The highest BCUT2D eigenvalue weighted by Gasteiger charge is 2.28. The van der Waals surface area contributed by atoms with Crippen LogP contribution in [0.2, 0.25) is 0 Å². The van der Waals surface area contributed by atoms with Crippen molar-refractivity contribution < 1.29 is 9.53 Å². The number of ether oxygens (including phenoxy) is 1. The quantitative estimate of drug-likeness (QED) is 0.481. The molecule has 0 atom stereocenters. The Morgan fingerprint density at radius 3 is 2.61 bits per heavy atom. The number of rotatable bonds is 2. The summed E-state index contributed by atoms with van der Waals surface area (Å²) in [6.45, 7) is 11.5. The van der Waals surface area contributed by atoms with Crippen LogP contribution in [0.1, 0.15) is 48.3 Å². The fraction of sp³-hybridized carbons (Fsp3) is 0.346. The van der Waals surface area contributed by atoms with E-state index in [-0.39, 0.29) is 11.4 Å². The van der Waals surface area contributed by atoms with Crippen molar-refractivity contribution in [1.82, 2.24) is 24.6 Å². The van der Waals surface area contributed by atoms with Crippen molar-refractivity contribution in [1.29, 1.82) is 0 Å². The van der Waals surface area contributed by atoms with Gasteiger partial charge in [0.05, 0.1) is 28.8 Å². The minimum absolute atomic E-state index is 0.0270. The maximum atomic E-state index is 13.5. The van der Waals surface area contributed by atoms with Crippen LogP contribution in [0.5, 0.6) is 5.75 Å². The fourth-order valence-corrected chi connectivity index (χ4v) is 4.39. The molecule has 1 aliphatic rings. The van der Waals surface area contributed by atoms with Crippen LogP contribution in [0.4, 0.5) is 0 Å². The molecule has 0 fully saturated rings. The van der Waals surface area contributed by atoms with Crippen molar-refractivity contribution in [3.63, 3.8) is 0 Å². The number of H-pyrrole nitrogens is 1. The van der Waals surface area contributed by atoms with Crippen LogP contribution in [-0.4, -0.2) is 43.7 Å². The van der Waals surface area contributed by atoms with Crippen molar-refractivity contribution in [2.24, 2.45) is 0 Å². The lowest BCUT2D eigenvalue weighted by atomic mass is 10.0. The predicted octanol–water partition coefficient (Wildman–Crippen LogP) is 4.83. The number of hydrogen-bond donors (Lipinski definition) is 1. The maximum absolute atomic E-state index is 13.5. The molecule has 7 nitrogen and oxygen atoms in total. The first kappa shape index (κ1) is 21.2. The number of imidazole rings is 1. The van der Waals surface area contributed by atoms with Crippen LogP contribution in [0, 0.1) is 13.8 Å². The minimum atomic E-state index is -0.282. The van der Waals surface area contributed by atoms with Crippen LogP contribution >= 0.6 is 0 Å². The number of amides is 1. The summed E-state index contributed by atoms with van der Waals surface area (Å²) in [5.74, 6) is 1.70. The number of benzene rings is 2. The van der Waals surface area contributed by atoms with Gasteiger partial charge in [0.1, 0.15) is 23.9 Å². The van der Waals surface area contributed by atoms with Gasteiger partial charge in [0.2, 0.25) is 0 Å². The molecular weight excluding hydrogens is 414 g/mol. The van der Waals surface area contributed by atoms with Gasteiger partial charge in [0, 0.05) is 12.1 Å². The Labute approximate surface area is 193 Å². The molecule has 0 spiro atoms. The smallest absolute Gasteiger partial charge is 0.272 e. The number of fused-ring (bicyclic) bond motifs is 2. The molecule has 2 aromatic carbocycles. The van der Waals surface area contributed by atoms with Gasteiger partial charge < -0.3 is 14.6 Å². The predicted molar refractivity (Wildman–Crippen MR) is 128 cm³/mol. The molecule has 1 N–H and O–H groups in total. The van der Waals surface area contributed by atoms with E-state index in [1.807, 2.05) is 35.6 Å². The molecule has 5 rings (SSSR count). The Bertz CT molecular complexity index is 1360. The zero-order valence-electron chi connectivity index (χ0n) is 19.8. The summed E-state index contributed by atoms with van der Waals surface area (Å²) in [5.41, 5.74) is 6.29. The van der Waals surface area contributed by atoms with E-state index < -0.39 is 0 Å². The second-order valence-corrected chi connectivity index (χ2v) is 9.71. The van der Waals surface area contributed by atoms with Crippen LogP contribution in [0.25, 0.3) is 22.2 Å². The molecule has 0 radical (unpaired) electrons. The third kappa shape index (κ3) is 3.99. The lowest BCUT2D eigenvalue weighted by Gasteiger charge is -2.25. The summed E-state index contributed by atoms with van der Waals surface area (Å²) in [6.07, 6.45) is 0. The number of aromatic amines is 1. The Morgan fingerprint density at radius 2 is 1.82 bits per heavy atom. The lowest BCUT2D eigenvalue weighted by molar-refractivity contribution is 0.0712. The summed E-state index contributed by atoms with van der Waals surface area (Å²) >= 11 is 0. The van der Waals surface area contributed by atoms with Gasteiger partial charge in [0.15, 0.2) is 0 Å². The van der Waals surface area contributed by atoms with Gasteiger partial charge in [-0.3, -0.25) is 9.48 Å². The Hall–Kier alpha value is -3.61. The fourth-order valence-electron chi connectivity index (χ4n) is 4.39. The third-order valence-corrected chi connectivity index (χ3v) is 5.95. The van der Waals surface area contributed by atoms with Gasteiger partial charge in [-0.1, -0.05) is 12.1 Å². The van der Waals surface area contributed by atoms with Gasteiger partial charge in [-0.25, -0.2) is 4.98 Å². The van der Waals surface area contributed by atoms with Crippen molar-refractivity contribution in [2.45, 2.75) is 46.7 Å². The van der Waals surface area contributed by atoms with E-state index in [9.17, 15) is 4.79 Å². The largest absolute Gasteiger partial charge is 0.491 e. The molecule has 0 bridgehead atoms. The van der Waals surface area contributed by atoms with Crippen LogP contribution in [0.15, 0.2) is 42.5 Å². The van der Waals surface area contributed by atoms with Gasteiger partial charge in [-0.2, -0.15) is 5.10 Å². The molecular formula is C26H29N5O2. The number of carbonyl (C=O) groups excluding carboxylic acids is 1. The molecule has 1 aliphatic heterocycles. The monoisotopic (exact) mass is 443 g/mol. The number of hydrogen-bond acceptors (Lipinski definition) is 4. The highest BCUT2D eigenvalue weighted by Crippen LogP contribution is 2.31.